The van der Waals surface area contributed by atoms with E-state index in [1.54, 1.807) is 7.11 Å². The Balaban J connectivity index is -0.000000245. The summed E-state index contributed by atoms with van der Waals surface area (Å²) in [6.45, 7) is 16.4. The van der Waals surface area contributed by atoms with E-state index in [1.165, 1.54) is 19.4 Å². The van der Waals surface area contributed by atoms with Crippen molar-refractivity contribution < 1.29 is 4.74 Å². The Morgan fingerprint density at radius 3 is 1.75 bits per heavy atom. The Kier molecular flexibility index (Phi) is 19.8. The van der Waals surface area contributed by atoms with Crippen LogP contribution in [0, 0.1) is 0 Å². The molecule has 0 spiro atoms. The molecule has 1 aliphatic heterocycles. The summed E-state index contributed by atoms with van der Waals surface area (Å²) in [5.41, 5.74) is 0.314. The fourth-order valence-corrected chi connectivity index (χ4v) is 1.65. The summed E-state index contributed by atoms with van der Waals surface area (Å²) in [5.74, 6) is 0. The van der Waals surface area contributed by atoms with Crippen molar-refractivity contribution in [2.45, 2.75) is 66.8 Å². The molecule has 1 atom stereocenters. The zero-order valence-electron chi connectivity index (χ0n) is 13.2. The number of nitrogens with zero attached hydrogens (tertiary/aromatic N) is 1. The van der Waals surface area contributed by atoms with Gasteiger partial charge in [0, 0.05) is 12.6 Å². The van der Waals surface area contributed by atoms with E-state index in [1.807, 2.05) is 41.5 Å². The highest BCUT2D eigenvalue weighted by molar-refractivity contribution is 4.89. The molecule has 1 saturated heterocycles. The van der Waals surface area contributed by atoms with Gasteiger partial charge in [-0.15, -0.1) is 0 Å². The molecule has 16 heavy (non-hydrogen) atoms. The molecule has 0 bridgehead atoms. The lowest BCUT2D eigenvalue weighted by molar-refractivity contribution is 0.0659. The van der Waals surface area contributed by atoms with E-state index in [-0.39, 0.29) is 0 Å². The smallest absolute Gasteiger partial charge is 0.0643 e. The Bertz CT molecular complexity index is 117. The minimum atomic E-state index is 0.314. The van der Waals surface area contributed by atoms with E-state index < -0.39 is 0 Å². The number of methoxy groups -OCH3 is 1. The summed E-state index contributed by atoms with van der Waals surface area (Å²) in [6.07, 6.45) is 2.59. The molecule has 0 N–H and O–H groups in total. The van der Waals surface area contributed by atoms with E-state index in [2.05, 4.69) is 18.9 Å². The normalized spacial score (nSPS) is 23.1. The molecule has 1 fully saturated rings. The highest BCUT2D eigenvalue weighted by atomic mass is 16.5. The lowest BCUT2D eigenvalue weighted by Crippen LogP contribution is -2.42. The van der Waals surface area contributed by atoms with Crippen LogP contribution in [0.15, 0.2) is 0 Å². The fraction of sp³-hybridized carbons (Fsp3) is 1.00. The second-order valence-electron chi connectivity index (χ2n) is 3.46. The second kappa shape index (κ2) is 14.9. The molecule has 1 aliphatic rings. The molecule has 102 valence electrons. The SMILES string of the molecule is CC.CC.CC.COCC1(C)CCCN1C. The van der Waals surface area contributed by atoms with Crippen LogP contribution in [0.4, 0.5) is 0 Å². The highest BCUT2D eigenvalue weighted by Crippen LogP contribution is 2.26. The van der Waals surface area contributed by atoms with Crippen molar-refractivity contribution in [1.82, 2.24) is 4.90 Å². The first-order chi connectivity index (χ1) is 7.69. The minimum absolute atomic E-state index is 0.314. The Hall–Kier alpha value is -0.0800. The average Bonchev–Trinajstić information content (AvgIpc) is 2.68. The number of likely N-dealkylation sites (tertiary alicyclic amines) is 1. The van der Waals surface area contributed by atoms with Crippen LogP contribution in [-0.4, -0.2) is 37.7 Å². The van der Waals surface area contributed by atoms with E-state index in [0.717, 1.165) is 6.61 Å². The number of hydrogen-bond donors (Lipinski definition) is 0. The van der Waals surface area contributed by atoms with Crippen LogP contribution in [0.2, 0.25) is 0 Å². The van der Waals surface area contributed by atoms with Gasteiger partial charge in [-0.2, -0.15) is 0 Å². The molecule has 1 heterocycles. The average molecular weight is 233 g/mol. The lowest BCUT2D eigenvalue weighted by Gasteiger charge is -2.31. The summed E-state index contributed by atoms with van der Waals surface area (Å²) >= 11 is 0. The van der Waals surface area contributed by atoms with Gasteiger partial charge in [0.15, 0.2) is 0 Å². The van der Waals surface area contributed by atoms with Gasteiger partial charge in [-0.25, -0.2) is 0 Å². The summed E-state index contributed by atoms with van der Waals surface area (Å²) < 4.78 is 5.16. The third-order valence-electron chi connectivity index (χ3n) is 2.59. The molecule has 0 amide bonds. The quantitative estimate of drug-likeness (QED) is 0.709. The Morgan fingerprint density at radius 2 is 1.50 bits per heavy atom. The molecule has 0 aliphatic carbocycles. The van der Waals surface area contributed by atoms with Crippen molar-refractivity contribution in [3.05, 3.63) is 0 Å². The molecule has 0 aromatic carbocycles. The number of likely N-dealkylation sites (N-methyl/N-ethyl adjacent to an activating group) is 1. The van der Waals surface area contributed by atoms with Crippen molar-refractivity contribution in [3.63, 3.8) is 0 Å². The summed E-state index contributed by atoms with van der Waals surface area (Å²) in [7, 11) is 3.95. The molecule has 0 aromatic heterocycles. The molecular formula is C14H35NO. The van der Waals surface area contributed by atoms with E-state index >= 15 is 0 Å². The van der Waals surface area contributed by atoms with Crippen LogP contribution >= 0.6 is 0 Å². The van der Waals surface area contributed by atoms with Crippen molar-refractivity contribution >= 4 is 0 Å². The third-order valence-corrected chi connectivity index (χ3v) is 2.59. The Morgan fingerprint density at radius 1 is 1.06 bits per heavy atom. The lowest BCUT2D eigenvalue weighted by atomic mass is 10.0. The summed E-state index contributed by atoms with van der Waals surface area (Å²) in [4.78, 5) is 2.39. The summed E-state index contributed by atoms with van der Waals surface area (Å²) in [6, 6.07) is 0. The topological polar surface area (TPSA) is 12.5 Å². The molecule has 1 unspecified atom stereocenters. The molecular weight excluding hydrogens is 198 g/mol. The van der Waals surface area contributed by atoms with Crippen LogP contribution in [-0.2, 0) is 4.74 Å². The monoisotopic (exact) mass is 233 g/mol. The van der Waals surface area contributed by atoms with Crippen molar-refractivity contribution in [3.8, 4) is 0 Å². The van der Waals surface area contributed by atoms with Gasteiger partial charge in [-0.1, -0.05) is 41.5 Å². The predicted molar refractivity (Wildman–Crippen MR) is 76.2 cm³/mol. The maximum atomic E-state index is 5.16. The van der Waals surface area contributed by atoms with Gasteiger partial charge in [-0.05, 0) is 33.4 Å². The van der Waals surface area contributed by atoms with Crippen LogP contribution < -0.4 is 0 Å². The zero-order chi connectivity index (χ0) is 13.6. The molecule has 1 rings (SSSR count). The predicted octanol–water partition coefficient (Wildman–Crippen LogP) is 4.20. The van der Waals surface area contributed by atoms with E-state index in [4.69, 9.17) is 4.74 Å². The molecule has 0 saturated carbocycles. The zero-order valence-corrected chi connectivity index (χ0v) is 13.2. The Labute approximate surface area is 104 Å². The van der Waals surface area contributed by atoms with Crippen molar-refractivity contribution in [1.29, 1.82) is 0 Å². The van der Waals surface area contributed by atoms with Crippen LogP contribution in [0.25, 0.3) is 0 Å². The number of hydrogen-bond acceptors (Lipinski definition) is 2. The third kappa shape index (κ3) is 8.12. The van der Waals surface area contributed by atoms with Crippen LogP contribution in [0.5, 0.6) is 0 Å². The van der Waals surface area contributed by atoms with E-state index in [9.17, 15) is 0 Å². The molecule has 2 nitrogen and oxygen atoms in total. The van der Waals surface area contributed by atoms with E-state index in [0.29, 0.717) is 5.54 Å². The van der Waals surface area contributed by atoms with Gasteiger partial charge in [0.2, 0.25) is 0 Å². The van der Waals surface area contributed by atoms with Gasteiger partial charge >= 0.3 is 0 Å². The van der Waals surface area contributed by atoms with Crippen molar-refractivity contribution in [2.75, 3.05) is 27.3 Å². The molecule has 2 heteroatoms. The maximum absolute atomic E-state index is 5.16. The molecule has 0 radical (unpaired) electrons. The second-order valence-corrected chi connectivity index (χ2v) is 3.46. The van der Waals surface area contributed by atoms with Gasteiger partial charge < -0.3 is 4.74 Å². The number of rotatable bonds is 2. The highest BCUT2D eigenvalue weighted by Gasteiger charge is 2.33. The largest absolute Gasteiger partial charge is 0.383 e. The first-order valence-corrected chi connectivity index (χ1v) is 6.89. The van der Waals surface area contributed by atoms with Gasteiger partial charge in [0.05, 0.1) is 6.61 Å². The first kappa shape index (κ1) is 21.2. The molecule has 0 aromatic rings. The maximum Gasteiger partial charge on any atom is 0.0643 e. The van der Waals surface area contributed by atoms with Crippen LogP contribution in [0.3, 0.4) is 0 Å². The fourth-order valence-electron chi connectivity index (χ4n) is 1.65. The van der Waals surface area contributed by atoms with Crippen molar-refractivity contribution in [2.24, 2.45) is 0 Å². The standard InChI is InChI=1S/C8H17NO.3C2H6/c1-8(7-10-3)5-4-6-9(8)2;3*1-2/h4-7H2,1-3H3;3*1-2H3. The first-order valence-electron chi connectivity index (χ1n) is 6.89. The van der Waals surface area contributed by atoms with Gasteiger partial charge in [0.1, 0.15) is 0 Å². The van der Waals surface area contributed by atoms with Crippen LogP contribution in [0.1, 0.15) is 61.3 Å². The minimum Gasteiger partial charge on any atom is -0.383 e. The van der Waals surface area contributed by atoms with Gasteiger partial charge in [-0.3, -0.25) is 4.90 Å². The number of ether oxygens (including phenoxy) is 1. The van der Waals surface area contributed by atoms with Gasteiger partial charge in [0.25, 0.3) is 0 Å². The summed E-state index contributed by atoms with van der Waals surface area (Å²) in [5, 5.41) is 0.